The minimum Gasteiger partial charge on any atom is -0.353 e. The Morgan fingerprint density at radius 1 is 1.47 bits per heavy atom. The van der Waals surface area contributed by atoms with Gasteiger partial charge in [0.2, 0.25) is 5.96 Å². The molecule has 5 heteroatoms. The lowest BCUT2D eigenvalue weighted by molar-refractivity contribution is 0.397. The Kier molecular flexibility index (Phi) is 3.43. The van der Waals surface area contributed by atoms with E-state index < -0.39 is 0 Å². The fourth-order valence-corrected chi connectivity index (χ4v) is 1.95. The van der Waals surface area contributed by atoms with Gasteiger partial charge in [-0.2, -0.15) is 0 Å². The minimum absolute atomic E-state index is 0.603. The Morgan fingerprint density at radius 2 is 2.27 bits per heavy atom. The number of nitrogens with two attached hydrogens (primary N) is 1. The van der Waals surface area contributed by atoms with E-state index in [1.807, 2.05) is 0 Å². The van der Waals surface area contributed by atoms with Gasteiger partial charge in [-0.15, -0.1) is 0 Å². The van der Waals surface area contributed by atoms with Gasteiger partial charge < -0.3 is 10.2 Å². The molecule has 1 atom stereocenters. The topological polar surface area (TPSA) is 65.7 Å². The first kappa shape index (κ1) is 10.7. The summed E-state index contributed by atoms with van der Waals surface area (Å²) < 4.78 is 0. The smallest absolute Gasteiger partial charge is 0.205 e. The summed E-state index contributed by atoms with van der Waals surface area (Å²) in [6, 6.07) is 0.603. The van der Waals surface area contributed by atoms with Crippen LogP contribution >= 0.6 is 0 Å². The van der Waals surface area contributed by atoms with E-state index >= 15 is 0 Å². The lowest BCUT2D eigenvalue weighted by Crippen LogP contribution is -2.43. The average molecular weight is 211 g/mol. The lowest BCUT2D eigenvalue weighted by atomic mass is 10.1. The summed E-state index contributed by atoms with van der Waals surface area (Å²) in [5.74, 6) is 6.86. The standard InChI is InChI=1S/C10H21N5/c1-15-5-4-8(7-15)6-12-10(14-11)13-9-2-3-9/h8-9H,2-7,11H2,1H3,(H2,12,13,14). The highest BCUT2D eigenvalue weighted by molar-refractivity contribution is 5.79. The molecule has 1 saturated heterocycles. The zero-order valence-electron chi connectivity index (χ0n) is 9.37. The highest BCUT2D eigenvalue weighted by atomic mass is 15.3. The number of rotatable bonds is 3. The molecule has 0 bridgehead atoms. The van der Waals surface area contributed by atoms with Crippen LogP contribution in [0.5, 0.6) is 0 Å². The van der Waals surface area contributed by atoms with E-state index in [0.29, 0.717) is 12.0 Å². The van der Waals surface area contributed by atoms with Crippen molar-refractivity contribution in [3.63, 3.8) is 0 Å². The van der Waals surface area contributed by atoms with E-state index in [4.69, 9.17) is 5.84 Å². The molecular formula is C10H21N5. The molecule has 1 unspecified atom stereocenters. The molecule has 2 fully saturated rings. The molecular weight excluding hydrogens is 190 g/mol. The molecule has 2 rings (SSSR count). The molecule has 15 heavy (non-hydrogen) atoms. The van der Waals surface area contributed by atoms with Gasteiger partial charge in [0.1, 0.15) is 0 Å². The van der Waals surface area contributed by atoms with Crippen molar-refractivity contribution in [3.8, 4) is 0 Å². The van der Waals surface area contributed by atoms with Crippen molar-refractivity contribution in [3.05, 3.63) is 0 Å². The number of nitrogens with one attached hydrogen (secondary N) is 2. The number of likely N-dealkylation sites (tertiary alicyclic amines) is 1. The van der Waals surface area contributed by atoms with Gasteiger partial charge in [-0.25, -0.2) is 5.84 Å². The molecule has 1 heterocycles. The van der Waals surface area contributed by atoms with Crippen molar-refractivity contribution in [1.29, 1.82) is 0 Å². The summed E-state index contributed by atoms with van der Waals surface area (Å²) in [5.41, 5.74) is 2.63. The molecule has 4 N–H and O–H groups in total. The second-order valence-electron chi connectivity index (χ2n) is 4.67. The first-order chi connectivity index (χ1) is 7.28. The summed E-state index contributed by atoms with van der Waals surface area (Å²) in [6.45, 7) is 3.23. The highest BCUT2D eigenvalue weighted by Gasteiger charge is 2.23. The Hall–Kier alpha value is -0.810. The number of aliphatic imine (C=N–C) groups is 1. The molecule has 2 aliphatic rings. The quantitative estimate of drug-likeness (QED) is 0.255. The molecule has 0 amide bonds. The predicted molar refractivity (Wildman–Crippen MR) is 61.4 cm³/mol. The van der Waals surface area contributed by atoms with Crippen molar-refractivity contribution in [2.24, 2.45) is 16.8 Å². The summed E-state index contributed by atoms with van der Waals surface area (Å²) >= 11 is 0. The number of hydrogen-bond acceptors (Lipinski definition) is 3. The summed E-state index contributed by atoms with van der Waals surface area (Å²) in [4.78, 5) is 6.83. The minimum atomic E-state index is 0.603. The molecule has 0 aromatic carbocycles. The maximum Gasteiger partial charge on any atom is 0.205 e. The van der Waals surface area contributed by atoms with E-state index in [2.05, 4.69) is 27.7 Å². The number of hydrogen-bond donors (Lipinski definition) is 3. The molecule has 0 aromatic rings. The zero-order valence-corrected chi connectivity index (χ0v) is 9.37. The number of nitrogens with zero attached hydrogens (tertiary/aromatic N) is 2. The SMILES string of the molecule is CN1CCC(CN=C(NN)NC2CC2)C1. The number of guanidine groups is 1. The lowest BCUT2D eigenvalue weighted by Gasteiger charge is -2.10. The second-order valence-corrected chi connectivity index (χ2v) is 4.67. The van der Waals surface area contributed by atoms with Crippen molar-refractivity contribution < 1.29 is 0 Å². The molecule has 5 nitrogen and oxygen atoms in total. The fourth-order valence-electron chi connectivity index (χ4n) is 1.95. The van der Waals surface area contributed by atoms with Crippen LogP contribution in [-0.4, -0.2) is 43.6 Å². The summed E-state index contributed by atoms with van der Waals surface area (Å²) in [5, 5.41) is 3.28. The number of hydrazine groups is 1. The van der Waals surface area contributed by atoms with Crippen molar-refractivity contribution in [1.82, 2.24) is 15.6 Å². The predicted octanol–water partition coefficient (Wildman–Crippen LogP) is -0.491. The van der Waals surface area contributed by atoms with Crippen molar-refractivity contribution in [2.45, 2.75) is 25.3 Å². The van der Waals surface area contributed by atoms with Gasteiger partial charge in [0.05, 0.1) is 0 Å². The van der Waals surface area contributed by atoms with Crippen LogP contribution in [0.3, 0.4) is 0 Å². The van der Waals surface area contributed by atoms with Crippen molar-refractivity contribution in [2.75, 3.05) is 26.7 Å². The average Bonchev–Trinajstić information content (AvgIpc) is 2.95. The third-order valence-corrected chi connectivity index (χ3v) is 3.05. The van der Waals surface area contributed by atoms with Gasteiger partial charge in [0.15, 0.2) is 0 Å². The molecule has 86 valence electrons. The Balaban J connectivity index is 1.74. The molecule has 0 radical (unpaired) electrons. The molecule has 1 aliphatic carbocycles. The molecule has 0 aromatic heterocycles. The first-order valence-electron chi connectivity index (χ1n) is 5.74. The largest absolute Gasteiger partial charge is 0.353 e. The molecule has 1 aliphatic heterocycles. The van der Waals surface area contributed by atoms with E-state index in [-0.39, 0.29) is 0 Å². The molecule has 1 saturated carbocycles. The maximum absolute atomic E-state index is 5.41. The van der Waals surface area contributed by atoms with Gasteiger partial charge >= 0.3 is 0 Å². The van der Waals surface area contributed by atoms with Gasteiger partial charge in [-0.05, 0) is 38.8 Å². The molecule has 0 spiro atoms. The Bertz CT molecular complexity index is 236. The maximum atomic E-state index is 5.41. The van der Waals surface area contributed by atoms with E-state index in [0.717, 1.165) is 19.0 Å². The van der Waals surface area contributed by atoms with Crippen LogP contribution in [0, 0.1) is 5.92 Å². The van der Waals surface area contributed by atoms with Crippen LogP contribution in [0.2, 0.25) is 0 Å². The van der Waals surface area contributed by atoms with Gasteiger partial charge in [0.25, 0.3) is 0 Å². The van der Waals surface area contributed by atoms with Crippen LogP contribution in [0.1, 0.15) is 19.3 Å². The van der Waals surface area contributed by atoms with Gasteiger partial charge in [0, 0.05) is 19.1 Å². The van der Waals surface area contributed by atoms with Crippen LogP contribution in [0.25, 0.3) is 0 Å². The Labute approximate surface area is 91.1 Å². The zero-order chi connectivity index (χ0) is 10.7. The third kappa shape index (κ3) is 3.35. The van der Waals surface area contributed by atoms with Crippen LogP contribution in [0.15, 0.2) is 4.99 Å². The van der Waals surface area contributed by atoms with Crippen LogP contribution in [-0.2, 0) is 0 Å². The summed E-state index contributed by atoms with van der Waals surface area (Å²) in [6.07, 6.45) is 3.74. The van der Waals surface area contributed by atoms with Gasteiger partial charge in [-0.3, -0.25) is 10.4 Å². The monoisotopic (exact) mass is 211 g/mol. The highest BCUT2D eigenvalue weighted by Crippen LogP contribution is 2.18. The normalized spacial score (nSPS) is 28.1. The first-order valence-corrected chi connectivity index (χ1v) is 5.74. The second kappa shape index (κ2) is 4.81. The van der Waals surface area contributed by atoms with E-state index in [9.17, 15) is 0 Å². The Morgan fingerprint density at radius 3 is 2.80 bits per heavy atom. The van der Waals surface area contributed by atoms with E-state index in [1.165, 1.54) is 25.8 Å². The van der Waals surface area contributed by atoms with Gasteiger partial charge in [-0.1, -0.05) is 0 Å². The van der Waals surface area contributed by atoms with Crippen LogP contribution in [0.4, 0.5) is 0 Å². The van der Waals surface area contributed by atoms with Crippen LogP contribution < -0.4 is 16.6 Å². The summed E-state index contributed by atoms with van der Waals surface area (Å²) in [7, 11) is 2.16. The van der Waals surface area contributed by atoms with Crippen molar-refractivity contribution >= 4 is 5.96 Å². The third-order valence-electron chi connectivity index (χ3n) is 3.05. The fraction of sp³-hybridized carbons (Fsp3) is 0.900. The van der Waals surface area contributed by atoms with E-state index in [1.54, 1.807) is 0 Å².